The molecule has 0 aromatic rings. The van der Waals surface area contributed by atoms with Gasteiger partial charge in [-0.3, -0.25) is 4.79 Å². The number of allylic oxidation sites excluding steroid dienone is 1. The molecule has 2 heteroatoms. The Balaban J connectivity index is 3.52. The van der Waals surface area contributed by atoms with Crippen LogP contribution in [-0.2, 0) is 4.79 Å². The van der Waals surface area contributed by atoms with Crippen LogP contribution >= 0.6 is 0 Å². The monoisotopic (exact) mass is 141 g/mol. The topological polar surface area (TPSA) is 29.1 Å². The summed E-state index contributed by atoms with van der Waals surface area (Å²) in [5.41, 5.74) is 0. The van der Waals surface area contributed by atoms with Crippen molar-refractivity contribution in [3.05, 3.63) is 12.2 Å². The quantitative estimate of drug-likeness (QED) is 0.592. The Hall–Kier alpha value is -0.790. The van der Waals surface area contributed by atoms with Gasteiger partial charge >= 0.3 is 0 Å². The van der Waals surface area contributed by atoms with Gasteiger partial charge in [0.1, 0.15) is 0 Å². The fourth-order valence-corrected chi connectivity index (χ4v) is 0.709. The SMILES string of the molecule is CC/C=C/[C@H](C)NC(C)=O. The first-order chi connectivity index (χ1) is 4.66. The molecule has 0 fully saturated rings. The fraction of sp³-hybridized carbons (Fsp3) is 0.625. The summed E-state index contributed by atoms with van der Waals surface area (Å²) in [6, 6.07) is 0.164. The molecule has 2 nitrogen and oxygen atoms in total. The molecule has 0 bridgehead atoms. The Morgan fingerprint density at radius 1 is 1.70 bits per heavy atom. The summed E-state index contributed by atoms with van der Waals surface area (Å²) < 4.78 is 0. The standard InChI is InChI=1S/C8H15NO/c1-4-5-6-7(2)9-8(3)10/h5-7H,4H2,1-3H3,(H,9,10)/b6-5+/t7-/m0/s1. The lowest BCUT2D eigenvalue weighted by Crippen LogP contribution is -2.28. The molecule has 1 amide bonds. The third-order valence-corrected chi connectivity index (χ3v) is 1.09. The highest BCUT2D eigenvalue weighted by Crippen LogP contribution is 1.86. The Labute approximate surface area is 62.3 Å². The molecule has 0 aliphatic carbocycles. The minimum Gasteiger partial charge on any atom is -0.350 e. The van der Waals surface area contributed by atoms with Crippen LogP contribution in [0, 0.1) is 0 Å². The van der Waals surface area contributed by atoms with Gasteiger partial charge < -0.3 is 5.32 Å². The Bertz CT molecular complexity index is 129. The van der Waals surface area contributed by atoms with Crippen LogP contribution in [0.4, 0.5) is 0 Å². The number of carbonyl (C=O) groups excluding carboxylic acids is 1. The smallest absolute Gasteiger partial charge is 0.217 e. The molecule has 0 aromatic carbocycles. The van der Waals surface area contributed by atoms with Gasteiger partial charge in [0.15, 0.2) is 0 Å². The van der Waals surface area contributed by atoms with Crippen LogP contribution in [0.25, 0.3) is 0 Å². The molecule has 0 aromatic heterocycles. The van der Waals surface area contributed by atoms with Crippen molar-refractivity contribution in [2.75, 3.05) is 0 Å². The molecule has 0 aliphatic heterocycles. The van der Waals surface area contributed by atoms with E-state index in [1.807, 2.05) is 19.1 Å². The first-order valence-electron chi connectivity index (χ1n) is 3.60. The van der Waals surface area contributed by atoms with Crippen LogP contribution in [0.15, 0.2) is 12.2 Å². The predicted octanol–water partition coefficient (Wildman–Crippen LogP) is 1.48. The fourth-order valence-electron chi connectivity index (χ4n) is 0.709. The molecule has 0 spiro atoms. The molecule has 1 atom stereocenters. The maximum absolute atomic E-state index is 10.5. The minimum absolute atomic E-state index is 0.0215. The van der Waals surface area contributed by atoms with E-state index in [0.29, 0.717) is 0 Å². The lowest BCUT2D eigenvalue weighted by atomic mass is 10.3. The second-order valence-corrected chi connectivity index (χ2v) is 2.33. The summed E-state index contributed by atoms with van der Waals surface area (Å²) in [5.74, 6) is 0.0215. The van der Waals surface area contributed by atoms with Crippen molar-refractivity contribution in [3.8, 4) is 0 Å². The summed E-state index contributed by atoms with van der Waals surface area (Å²) in [6.07, 6.45) is 5.05. The summed E-state index contributed by atoms with van der Waals surface area (Å²) in [7, 11) is 0. The van der Waals surface area contributed by atoms with Gasteiger partial charge in [-0.25, -0.2) is 0 Å². The highest BCUT2D eigenvalue weighted by Gasteiger charge is 1.95. The van der Waals surface area contributed by atoms with E-state index in [9.17, 15) is 4.79 Å². The van der Waals surface area contributed by atoms with Gasteiger partial charge in [-0.05, 0) is 13.3 Å². The van der Waals surface area contributed by atoms with E-state index in [1.54, 1.807) is 0 Å². The molecule has 0 saturated heterocycles. The second kappa shape index (κ2) is 5.03. The molecule has 0 saturated carbocycles. The Kier molecular flexibility index (Phi) is 4.63. The molecular weight excluding hydrogens is 126 g/mol. The van der Waals surface area contributed by atoms with Crippen LogP contribution in [0.5, 0.6) is 0 Å². The van der Waals surface area contributed by atoms with Crippen molar-refractivity contribution >= 4 is 5.91 Å². The van der Waals surface area contributed by atoms with Crippen molar-refractivity contribution in [3.63, 3.8) is 0 Å². The zero-order valence-corrected chi connectivity index (χ0v) is 6.85. The van der Waals surface area contributed by atoms with Gasteiger partial charge in [0.25, 0.3) is 0 Å². The minimum atomic E-state index is 0.0215. The summed E-state index contributed by atoms with van der Waals surface area (Å²) >= 11 is 0. The first kappa shape index (κ1) is 9.21. The number of hydrogen-bond acceptors (Lipinski definition) is 1. The molecule has 10 heavy (non-hydrogen) atoms. The maximum atomic E-state index is 10.5. The van der Waals surface area contributed by atoms with Crippen LogP contribution < -0.4 is 5.32 Å². The number of amides is 1. The molecule has 0 aliphatic rings. The van der Waals surface area contributed by atoms with Gasteiger partial charge in [-0.15, -0.1) is 0 Å². The predicted molar refractivity (Wildman–Crippen MR) is 42.7 cm³/mol. The van der Waals surface area contributed by atoms with Gasteiger partial charge in [-0.1, -0.05) is 19.1 Å². The third kappa shape index (κ3) is 5.35. The van der Waals surface area contributed by atoms with Gasteiger partial charge in [-0.2, -0.15) is 0 Å². The van der Waals surface area contributed by atoms with Gasteiger partial charge in [0.2, 0.25) is 5.91 Å². The van der Waals surface area contributed by atoms with E-state index >= 15 is 0 Å². The van der Waals surface area contributed by atoms with E-state index in [2.05, 4.69) is 12.2 Å². The Morgan fingerprint density at radius 2 is 2.30 bits per heavy atom. The molecule has 58 valence electrons. The van der Waals surface area contributed by atoms with Crippen molar-refractivity contribution in [2.45, 2.75) is 33.2 Å². The van der Waals surface area contributed by atoms with Crippen molar-refractivity contribution in [1.29, 1.82) is 0 Å². The zero-order chi connectivity index (χ0) is 7.98. The highest BCUT2D eigenvalue weighted by atomic mass is 16.1. The largest absolute Gasteiger partial charge is 0.350 e. The van der Waals surface area contributed by atoms with E-state index in [0.717, 1.165) is 6.42 Å². The molecule has 0 heterocycles. The number of nitrogens with one attached hydrogen (secondary N) is 1. The molecular formula is C8H15NO. The second-order valence-electron chi connectivity index (χ2n) is 2.33. The van der Waals surface area contributed by atoms with Crippen molar-refractivity contribution < 1.29 is 4.79 Å². The molecule has 0 rings (SSSR count). The Morgan fingerprint density at radius 3 is 2.70 bits per heavy atom. The van der Waals surface area contributed by atoms with Crippen LogP contribution in [-0.4, -0.2) is 11.9 Å². The number of rotatable bonds is 3. The van der Waals surface area contributed by atoms with Crippen LogP contribution in [0.2, 0.25) is 0 Å². The normalized spacial score (nSPS) is 13.5. The van der Waals surface area contributed by atoms with Crippen molar-refractivity contribution in [2.24, 2.45) is 0 Å². The molecule has 0 unspecified atom stereocenters. The van der Waals surface area contributed by atoms with Crippen LogP contribution in [0.1, 0.15) is 27.2 Å². The lowest BCUT2D eigenvalue weighted by Gasteiger charge is -2.05. The zero-order valence-electron chi connectivity index (χ0n) is 6.85. The van der Waals surface area contributed by atoms with E-state index in [1.165, 1.54) is 6.92 Å². The maximum Gasteiger partial charge on any atom is 0.217 e. The lowest BCUT2D eigenvalue weighted by molar-refractivity contribution is -0.119. The highest BCUT2D eigenvalue weighted by molar-refractivity contribution is 5.73. The summed E-state index contributed by atoms with van der Waals surface area (Å²) in [5, 5.41) is 2.75. The summed E-state index contributed by atoms with van der Waals surface area (Å²) in [6.45, 7) is 5.54. The van der Waals surface area contributed by atoms with Crippen molar-refractivity contribution in [1.82, 2.24) is 5.32 Å². The van der Waals surface area contributed by atoms with Crippen LogP contribution in [0.3, 0.4) is 0 Å². The average Bonchev–Trinajstić information content (AvgIpc) is 1.82. The first-order valence-corrected chi connectivity index (χ1v) is 3.60. The van der Waals surface area contributed by atoms with Gasteiger partial charge in [0.05, 0.1) is 0 Å². The molecule has 0 radical (unpaired) electrons. The van der Waals surface area contributed by atoms with E-state index in [-0.39, 0.29) is 11.9 Å². The summed E-state index contributed by atoms with van der Waals surface area (Å²) in [4.78, 5) is 10.5. The third-order valence-electron chi connectivity index (χ3n) is 1.09. The number of carbonyl (C=O) groups is 1. The number of hydrogen-bond donors (Lipinski definition) is 1. The molecule has 1 N–H and O–H groups in total. The van der Waals surface area contributed by atoms with E-state index < -0.39 is 0 Å². The average molecular weight is 141 g/mol. The van der Waals surface area contributed by atoms with E-state index in [4.69, 9.17) is 0 Å². The van der Waals surface area contributed by atoms with Gasteiger partial charge in [0, 0.05) is 13.0 Å².